The molecule has 0 aliphatic carbocycles. The maximum atomic E-state index is 12.6. The van der Waals surface area contributed by atoms with Gasteiger partial charge in [-0.05, 0) is 49.2 Å². The van der Waals surface area contributed by atoms with E-state index in [0.717, 1.165) is 17.7 Å². The van der Waals surface area contributed by atoms with Crippen molar-refractivity contribution in [1.29, 1.82) is 0 Å². The molecule has 1 heterocycles. The number of methoxy groups -OCH3 is 1. The molecule has 0 bridgehead atoms. The lowest BCUT2D eigenvalue weighted by Crippen LogP contribution is -2.24. The number of nitrogens with one attached hydrogen (secondary N) is 1. The Morgan fingerprint density at radius 3 is 2.72 bits per heavy atom. The summed E-state index contributed by atoms with van der Waals surface area (Å²) < 4.78 is 5.22. The Balaban J connectivity index is 1.87. The van der Waals surface area contributed by atoms with E-state index in [-0.39, 0.29) is 11.8 Å². The van der Waals surface area contributed by atoms with Crippen LogP contribution in [0.3, 0.4) is 0 Å². The number of rotatable bonds is 4. The molecule has 0 radical (unpaired) electrons. The fourth-order valence-electron chi connectivity index (χ4n) is 2.94. The summed E-state index contributed by atoms with van der Waals surface area (Å²) >= 11 is 5.99. The summed E-state index contributed by atoms with van der Waals surface area (Å²) in [4.78, 5) is 26.4. The van der Waals surface area contributed by atoms with Crippen LogP contribution in [0.25, 0.3) is 0 Å². The van der Waals surface area contributed by atoms with Gasteiger partial charge in [-0.3, -0.25) is 9.59 Å². The molecule has 0 unspecified atom stereocenters. The highest BCUT2D eigenvalue weighted by Crippen LogP contribution is 2.29. The zero-order chi connectivity index (χ0) is 18.0. The summed E-state index contributed by atoms with van der Waals surface area (Å²) in [6.07, 6.45) is 1.42. The van der Waals surface area contributed by atoms with Crippen LogP contribution >= 0.6 is 11.6 Å². The molecule has 2 aromatic rings. The summed E-state index contributed by atoms with van der Waals surface area (Å²) in [6.45, 7) is 2.66. The second-order valence-electron chi connectivity index (χ2n) is 5.95. The van der Waals surface area contributed by atoms with E-state index in [1.807, 2.05) is 25.1 Å². The number of benzene rings is 2. The zero-order valence-electron chi connectivity index (χ0n) is 14.1. The van der Waals surface area contributed by atoms with E-state index in [1.165, 1.54) is 7.11 Å². The van der Waals surface area contributed by atoms with Gasteiger partial charge in [-0.2, -0.15) is 0 Å². The molecule has 25 heavy (non-hydrogen) atoms. The largest absolute Gasteiger partial charge is 0.496 e. The molecule has 0 saturated carbocycles. The van der Waals surface area contributed by atoms with Gasteiger partial charge in [0.1, 0.15) is 5.75 Å². The quantitative estimate of drug-likeness (QED) is 0.897. The second kappa shape index (κ2) is 7.15. The molecule has 1 saturated heterocycles. The minimum absolute atomic E-state index is 0.114. The Labute approximate surface area is 151 Å². The molecule has 2 amide bonds. The molecule has 0 atom stereocenters. The van der Waals surface area contributed by atoms with Gasteiger partial charge in [0.25, 0.3) is 5.91 Å². The van der Waals surface area contributed by atoms with Gasteiger partial charge in [0.15, 0.2) is 0 Å². The number of nitrogens with zero attached hydrogens (tertiary/aromatic N) is 1. The van der Waals surface area contributed by atoms with Crippen LogP contribution in [0.15, 0.2) is 36.4 Å². The summed E-state index contributed by atoms with van der Waals surface area (Å²) in [5.41, 5.74) is 2.80. The third-order valence-electron chi connectivity index (χ3n) is 4.24. The number of carbonyl (C=O) groups excluding carboxylic acids is 2. The molecular weight excluding hydrogens is 340 g/mol. The number of aryl methyl sites for hydroxylation is 1. The van der Waals surface area contributed by atoms with Crippen LogP contribution in [-0.4, -0.2) is 25.5 Å². The summed E-state index contributed by atoms with van der Waals surface area (Å²) in [5, 5.41) is 3.31. The van der Waals surface area contributed by atoms with Crippen molar-refractivity contribution in [3.8, 4) is 5.75 Å². The minimum atomic E-state index is -0.318. The van der Waals surface area contributed by atoms with Crippen LogP contribution in [0.5, 0.6) is 5.75 Å². The standard InChI is InChI=1S/C19H19ClN2O3/c1-12-5-7-14(11-16(12)22-9-3-4-18(22)23)21-19(24)15-10-13(20)6-8-17(15)25-2/h5-8,10-11H,3-4,9H2,1-2H3,(H,21,24). The predicted octanol–water partition coefficient (Wildman–Crippen LogP) is 4.04. The lowest BCUT2D eigenvalue weighted by molar-refractivity contribution is -0.117. The van der Waals surface area contributed by atoms with Crippen molar-refractivity contribution in [3.63, 3.8) is 0 Å². The van der Waals surface area contributed by atoms with Crippen LogP contribution in [0.2, 0.25) is 5.02 Å². The molecule has 1 fully saturated rings. The SMILES string of the molecule is COc1ccc(Cl)cc1C(=O)Nc1ccc(C)c(N2CCCC2=O)c1. The summed E-state index contributed by atoms with van der Waals surface area (Å²) in [6, 6.07) is 10.4. The molecule has 0 aromatic heterocycles. The third kappa shape index (κ3) is 3.61. The number of hydrogen-bond acceptors (Lipinski definition) is 3. The Bertz CT molecular complexity index is 835. The van der Waals surface area contributed by atoms with Crippen LogP contribution < -0.4 is 15.0 Å². The van der Waals surface area contributed by atoms with Crippen LogP contribution in [0, 0.1) is 6.92 Å². The lowest BCUT2D eigenvalue weighted by Gasteiger charge is -2.19. The predicted molar refractivity (Wildman–Crippen MR) is 98.7 cm³/mol. The van der Waals surface area contributed by atoms with E-state index in [1.54, 1.807) is 23.1 Å². The van der Waals surface area contributed by atoms with Gasteiger partial charge in [0.2, 0.25) is 5.91 Å². The highest BCUT2D eigenvalue weighted by Gasteiger charge is 2.23. The maximum absolute atomic E-state index is 12.6. The van der Waals surface area contributed by atoms with E-state index >= 15 is 0 Å². The van der Waals surface area contributed by atoms with Crippen molar-refractivity contribution in [2.75, 3.05) is 23.9 Å². The average Bonchev–Trinajstić information content (AvgIpc) is 3.02. The normalized spacial score (nSPS) is 13.9. The fourth-order valence-corrected chi connectivity index (χ4v) is 3.11. The van der Waals surface area contributed by atoms with E-state index in [9.17, 15) is 9.59 Å². The van der Waals surface area contributed by atoms with Crippen LogP contribution in [0.4, 0.5) is 11.4 Å². The van der Waals surface area contributed by atoms with Crippen molar-refractivity contribution in [3.05, 3.63) is 52.5 Å². The monoisotopic (exact) mass is 358 g/mol. The van der Waals surface area contributed by atoms with E-state index in [4.69, 9.17) is 16.3 Å². The number of ether oxygens (including phenoxy) is 1. The molecule has 130 valence electrons. The molecule has 5 nitrogen and oxygen atoms in total. The van der Waals surface area contributed by atoms with E-state index in [0.29, 0.717) is 35.0 Å². The van der Waals surface area contributed by atoms with Gasteiger partial charge < -0.3 is 15.0 Å². The number of hydrogen-bond donors (Lipinski definition) is 1. The van der Waals surface area contributed by atoms with Crippen molar-refractivity contribution < 1.29 is 14.3 Å². The summed E-state index contributed by atoms with van der Waals surface area (Å²) in [5.74, 6) is 0.244. The van der Waals surface area contributed by atoms with Gasteiger partial charge in [0.05, 0.1) is 12.7 Å². The number of amides is 2. The second-order valence-corrected chi connectivity index (χ2v) is 6.39. The maximum Gasteiger partial charge on any atom is 0.259 e. The Morgan fingerprint density at radius 1 is 1.24 bits per heavy atom. The lowest BCUT2D eigenvalue weighted by atomic mass is 10.1. The highest BCUT2D eigenvalue weighted by atomic mass is 35.5. The zero-order valence-corrected chi connectivity index (χ0v) is 14.9. The molecule has 1 aliphatic heterocycles. The van der Waals surface area contributed by atoms with Crippen molar-refractivity contribution in [1.82, 2.24) is 0 Å². The first kappa shape index (κ1) is 17.3. The molecule has 6 heteroatoms. The van der Waals surface area contributed by atoms with Gasteiger partial charge in [0, 0.05) is 29.4 Å². The Kier molecular flexibility index (Phi) is 4.95. The van der Waals surface area contributed by atoms with Crippen molar-refractivity contribution in [2.24, 2.45) is 0 Å². The molecule has 1 aliphatic rings. The Morgan fingerprint density at radius 2 is 2.04 bits per heavy atom. The smallest absolute Gasteiger partial charge is 0.259 e. The highest BCUT2D eigenvalue weighted by molar-refractivity contribution is 6.31. The molecular formula is C19H19ClN2O3. The van der Waals surface area contributed by atoms with Crippen LogP contribution in [0.1, 0.15) is 28.8 Å². The molecule has 2 aromatic carbocycles. The molecule has 1 N–H and O–H groups in total. The van der Waals surface area contributed by atoms with Gasteiger partial charge in [-0.15, -0.1) is 0 Å². The van der Waals surface area contributed by atoms with Crippen molar-refractivity contribution >= 4 is 34.8 Å². The van der Waals surface area contributed by atoms with Gasteiger partial charge in [-0.1, -0.05) is 17.7 Å². The first-order valence-electron chi connectivity index (χ1n) is 8.05. The van der Waals surface area contributed by atoms with Crippen molar-refractivity contribution in [2.45, 2.75) is 19.8 Å². The summed E-state index contributed by atoms with van der Waals surface area (Å²) in [7, 11) is 1.50. The first-order valence-corrected chi connectivity index (χ1v) is 8.43. The number of anilines is 2. The third-order valence-corrected chi connectivity index (χ3v) is 4.47. The number of halogens is 1. The average molecular weight is 359 g/mol. The van der Waals surface area contributed by atoms with Gasteiger partial charge in [-0.25, -0.2) is 0 Å². The molecule has 0 spiro atoms. The van der Waals surface area contributed by atoms with Crippen LogP contribution in [-0.2, 0) is 4.79 Å². The molecule has 3 rings (SSSR count). The Hall–Kier alpha value is -2.53. The van der Waals surface area contributed by atoms with E-state index < -0.39 is 0 Å². The number of carbonyl (C=O) groups is 2. The van der Waals surface area contributed by atoms with Gasteiger partial charge >= 0.3 is 0 Å². The topological polar surface area (TPSA) is 58.6 Å². The minimum Gasteiger partial charge on any atom is -0.496 e. The fraction of sp³-hybridized carbons (Fsp3) is 0.263. The first-order chi connectivity index (χ1) is 12.0. The van der Waals surface area contributed by atoms with E-state index in [2.05, 4.69) is 5.32 Å².